The molecule has 3 amide bonds. The lowest BCUT2D eigenvalue weighted by Gasteiger charge is -2.10. The maximum Gasteiger partial charge on any atom is 0.261 e. The second-order valence-electron chi connectivity index (χ2n) is 7.33. The van der Waals surface area contributed by atoms with Crippen LogP contribution in [0, 0.1) is 12.7 Å². The third kappa shape index (κ3) is 3.59. The summed E-state index contributed by atoms with van der Waals surface area (Å²) in [6.07, 6.45) is -0.0253. The van der Waals surface area contributed by atoms with Crippen molar-refractivity contribution >= 4 is 23.4 Å². The summed E-state index contributed by atoms with van der Waals surface area (Å²) in [5.74, 6) is -1.35. The minimum Gasteiger partial charge on any atom is -0.326 e. The van der Waals surface area contributed by atoms with Crippen LogP contribution in [0.2, 0.25) is 0 Å². The van der Waals surface area contributed by atoms with Gasteiger partial charge in [0.1, 0.15) is 5.82 Å². The van der Waals surface area contributed by atoms with Gasteiger partial charge in [0.15, 0.2) is 0 Å². The van der Waals surface area contributed by atoms with Crippen LogP contribution in [-0.2, 0) is 11.2 Å². The monoisotopic (exact) mass is 402 g/mol. The van der Waals surface area contributed by atoms with Crippen LogP contribution in [0.4, 0.5) is 10.1 Å². The van der Waals surface area contributed by atoms with Crippen molar-refractivity contribution in [2.24, 2.45) is 0 Å². The Bertz CT molecular complexity index is 1190. The highest BCUT2D eigenvalue weighted by Crippen LogP contribution is 2.27. The number of aryl methyl sites for hydroxylation is 1. The molecule has 0 saturated heterocycles. The van der Waals surface area contributed by atoms with Crippen molar-refractivity contribution < 1.29 is 18.8 Å². The molecule has 1 heterocycles. The Morgan fingerprint density at radius 3 is 2.40 bits per heavy atom. The van der Waals surface area contributed by atoms with Gasteiger partial charge in [0.05, 0.1) is 17.5 Å². The number of hydrogen-bond acceptors (Lipinski definition) is 3. The second-order valence-corrected chi connectivity index (χ2v) is 7.33. The van der Waals surface area contributed by atoms with Gasteiger partial charge in [-0.1, -0.05) is 30.3 Å². The number of imide groups is 1. The van der Waals surface area contributed by atoms with Gasteiger partial charge in [-0.25, -0.2) is 4.39 Å². The summed E-state index contributed by atoms with van der Waals surface area (Å²) in [5.41, 5.74) is 4.14. The number of hydrogen-bond donors (Lipinski definition) is 1. The molecule has 4 rings (SSSR count). The van der Waals surface area contributed by atoms with Crippen LogP contribution >= 0.6 is 0 Å². The fourth-order valence-electron chi connectivity index (χ4n) is 3.65. The van der Waals surface area contributed by atoms with E-state index in [1.807, 2.05) is 13.0 Å². The van der Waals surface area contributed by atoms with E-state index >= 15 is 0 Å². The highest BCUT2D eigenvalue weighted by molar-refractivity contribution is 6.22. The molecule has 0 saturated carbocycles. The molecule has 0 bridgehead atoms. The van der Waals surface area contributed by atoms with Gasteiger partial charge in [0, 0.05) is 12.7 Å². The molecule has 150 valence electrons. The van der Waals surface area contributed by atoms with E-state index in [2.05, 4.69) is 5.32 Å². The van der Waals surface area contributed by atoms with Crippen LogP contribution in [0.3, 0.4) is 0 Å². The molecule has 0 spiro atoms. The quantitative estimate of drug-likeness (QED) is 0.665. The molecule has 1 aliphatic heterocycles. The Labute approximate surface area is 173 Å². The number of nitrogens with zero attached hydrogens (tertiary/aromatic N) is 1. The first-order valence-corrected chi connectivity index (χ1v) is 9.45. The minimum absolute atomic E-state index is 0.0253. The smallest absolute Gasteiger partial charge is 0.261 e. The van der Waals surface area contributed by atoms with E-state index in [4.69, 9.17) is 0 Å². The summed E-state index contributed by atoms with van der Waals surface area (Å²) in [7, 11) is 1.43. The van der Waals surface area contributed by atoms with Gasteiger partial charge in [-0.3, -0.25) is 19.3 Å². The number of anilines is 1. The summed E-state index contributed by atoms with van der Waals surface area (Å²) < 4.78 is 13.4. The summed E-state index contributed by atoms with van der Waals surface area (Å²) in [4.78, 5) is 38.3. The van der Waals surface area contributed by atoms with Crippen molar-refractivity contribution in [3.63, 3.8) is 0 Å². The lowest BCUT2D eigenvalue weighted by molar-refractivity contribution is -0.115. The molecular formula is C24H19FN2O3. The molecular weight excluding hydrogens is 383 g/mol. The largest absolute Gasteiger partial charge is 0.326 e. The van der Waals surface area contributed by atoms with Crippen molar-refractivity contribution in [3.8, 4) is 11.1 Å². The molecule has 0 aliphatic carbocycles. The Morgan fingerprint density at radius 1 is 0.967 bits per heavy atom. The predicted octanol–water partition coefficient (Wildman–Crippen LogP) is 4.21. The van der Waals surface area contributed by atoms with E-state index in [0.29, 0.717) is 22.4 Å². The molecule has 3 aromatic carbocycles. The van der Waals surface area contributed by atoms with Crippen LogP contribution in [0.25, 0.3) is 11.1 Å². The Morgan fingerprint density at radius 2 is 1.70 bits per heavy atom. The first-order chi connectivity index (χ1) is 14.3. The average molecular weight is 402 g/mol. The van der Waals surface area contributed by atoms with E-state index in [1.54, 1.807) is 42.5 Å². The van der Waals surface area contributed by atoms with Crippen LogP contribution in [-0.4, -0.2) is 29.7 Å². The molecule has 3 aromatic rings. The summed E-state index contributed by atoms with van der Waals surface area (Å²) in [5, 5.41) is 2.81. The normalized spacial score (nSPS) is 12.8. The van der Waals surface area contributed by atoms with Crippen LogP contribution in [0.5, 0.6) is 0 Å². The van der Waals surface area contributed by atoms with Crippen molar-refractivity contribution in [1.29, 1.82) is 0 Å². The lowest BCUT2D eigenvalue weighted by atomic mass is 9.97. The number of carbonyl (C=O) groups is 3. The number of rotatable bonds is 4. The Kier molecular flexibility index (Phi) is 4.91. The number of carbonyl (C=O) groups excluding carboxylic acids is 3. The zero-order valence-electron chi connectivity index (χ0n) is 16.5. The standard InChI is InChI=1S/C24H19FN2O3/c1-14-10-17(22-20(11-14)23(29)27(2)24(22)30)13-21(28)26-19-8-6-15(7-9-19)16-4-3-5-18(25)12-16/h3-12H,13H2,1-2H3,(H,26,28). The molecule has 30 heavy (non-hydrogen) atoms. The molecule has 0 radical (unpaired) electrons. The molecule has 0 unspecified atom stereocenters. The van der Waals surface area contributed by atoms with Gasteiger partial charge in [0.2, 0.25) is 5.91 Å². The highest BCUT2D eigenvalue weighted by atomic mass is 19.1. The van der Waals surface area contributed by atoms with Crippen molar-refractivity contribution in [1.82, 2.24) is 4.90 Å². The molecule has 1 aliphatic rings. The summed E-state index contributed by atoms with van der Waals surface area (Å²) >= 11 is 0. The van der Waals surface area contributed by atoms with Crippen LogP contribution in [0.1, 0.15) is 31.8 Å². The van der Waals surface area contributed by atoms with Gasteiger partial charge in [-0.2, -0.15) is 0 Å². The van der Waals surface area contributed by atoms with E-state index in [9.17, 15) is 18.8 Å². The fraction of sp³-hybridized carbons (Fsp3) is 0.125. The van der Waals surface area contributed by atoms with Crippen LogP contribution in [0.15, 0.2) is 60.7 Å². The van der Waals surface area contributed by atoms with Gasteiger partial charge in [-0.05, 0) is 59.5 Å². The third-order valence-corrected chi connectivity index (χ3v) is 5.10. The Hall–Kier alpha value is -3.80. The molecule has 1 N–H and O–H groups in total. The van der Waals surface area contributed by atoms with E-state index in [0.717, 1.165) is 21.6 Å². The third-order valence-electron chi connectivity index (χ3n) is 5.10. The molecule has 0 fully saturated rings. The molecule has 0 atom stereocenters. The summed E-state index contributed by atoms with van der Waals surface area (Å²) in [6.45, 7) is 1.82. The SMILES string of the molecule is Cc1cc(CC(=O)Nc2ccc(-c3cccc(F)c3)cc2)c2c(c1)C(=O)N(C)C2=O. The Balaban J connectivity index is 1.52. The maximum atomic E-state index is 13.4. The first-order valence-electron chi connectivity index (χ1n) is 9.45. The average Bonchev–Trinajstić information content (AvgIpc) is 2.92. The number of fused-ring (bicyclic) bond motifs is 1. The first kappa shape index (κ1) is 19.5. The van der Waals surface area contributed by atoms with Gasteiger partial charge in [0.25, 0.3) is 11.8 Å². The van der Waals surface area contributed by atoms with Crippen molar-refractivity contribution in [2.45, 2.75) is 13.3 Å². The zero-order valence-corrected chi connectivity index (χ0v) is 16.5. The second kappa shape index (κ2) is 7.55. The van der Waals surface area contributed by atoms with Gasteiger partial charge < -0.3 is 5.32 Å². The van der Waals surface area contributed by atoms with Crippen LogP contribution < -0.4 is 5.32 Å². The maximum absolute atomic E-state index is 13.4. The zero-order chi connectivity index (χ0) is 21.4. The predicted molar refractivity (Wildman–Crippen MR) is 112 cm³/mol. The number of halogens is 1. The fourth-order valence-corrected chi connectivity index (χ4v) is 3.65. The number of benzene rings is 3. The van der Waals surface area contributed by atoms with Gasteiger partial charge >= 0.3 is 0 Å². The minimum atomic E-state index is -0.391. The van der Waals surface area contributed by atoms with Crippen molar-refractivity contribution in [2.75, 3.05) is 12.4 Å². The van der Waals surface area contributed by atoms with E-state index in [-0.39, 0.29) is 24.1 Å². The highest BCUT2D eigenvalue weighted by Gasteiger charge is 2.35. The number of amides is 3. The number of nitrogens with one attached hydrogen (secondary N) is 1. The molecule has 0 aromatic heterocycles. The van der Waals surface area contributed by atoms with E-state index in [1.165, 1.54) is 19.2 Å². The van der Waals surface area contributed by atoms with E-state index < -0.39 is 5.91 Å². The molecule has 6 heteroatoms. The van der Waals surface area contributed by atoms with Crippen molar-refractivity contribution in [3.05, 3.63) is 88.7 Å². The topological polar surface area (TPSA) is 66.5 Å². The molecule has 5 nitrogen and oxygen atoms in total. The van der Waals surface area contributed by atoms with Gasteiger partial charge in [-0.15, -0.1) is 0 Å². The summed E-state index contributed by atoms with van der Waals surface area (Å²) in [6, 6.07) is 16.8. The lowest BCUT2D eigenvalue weighted by Crippen LogP contribution is -2.24.